The summed E-state index contributed by atoms with van der Waals surface area (Å²) >= 11 is 0. The van der Waals surface area contributed by atoms with Crippen LogP contribution in [-0.2, 0) is 30.7 Å². The van der Waals surface area contributed by atoms with Gasteiger partial charge in [-0.25, -0.2) is 9.59 Å². The van der Waals surface area contributed by atoms with E-state index >= 15 is 0 Å². The van der Waals surface area contributed by atoms with E-state index in [9.17, 15) is 9.59 Å². The Bertz CT molecular complexity index is 124. The summed E-state index contributed by atoms with van der Waals surface area (Å²) in [5, 5.41) is 15.6. The predicted octanol–water partition coefficient (Wildman–Crippen LogP) is -0.291. The zero-order chi connectivity index (χ0) is 6.57. The largest absolute Gasteiger partial charge is 0.478 e. The number of aliphatic carboxylic acids is 2. The third-order valence-electron chi connectivity index (χ3n) is 0.368. The Labute approximate surface area is 65.4 Å². The predicted molar refractivity (Wildman–Crippen MR) is 24.4 cm³/mol. The average Bonchev–Trinajstić information content (AvgIpc) is 1.61. The van der Waals surface area contributed by atoms with Crippen molar-refractivity contribution in [2.24, 2.45) is 0 Å². The fourth-order valence-corrected chi connectivity index (χ4v) is 0.143. The molecule has 0 heterocycles. The summed E-state index contributed by atoms with van der Waals surface area (Å²) in [6.45, 7) is 0. The molecule has 0 aromatic heterocycles. The molecule has 50 valence electrons. The van der Waals surface area contributed by atoms with E-state index < -0.39 is 11.9 Å². The molecule has 0 unspecified atom stereocenters. The zero-order valence-corrected chi connectivity index (χ0v) is 7.21. The maximum Gasteiger partial charge on any atom is 0.328 e. The summed E-state index contributed by atoms with van der Waals surface area (Å²) < 4.78 is 0. The molecule has 9 heavy (non-hydrogen) atoms. The van der Waals surface area contributed by atoms with Gasteiger partial charge in [-0.05, 0) is 0 Å². The summed E-state index contributed by atoms with van der Waals surface area (Å²) in [4.78, 5) is 19.1. The number of rotatable bonds is 2. The van der Waals surface area contributed by atoms with Crippen LogP contribution in [0.25, 0.3) is 0 Å². The first-order valence-corrected chi connectivity index (χ1v) is 1.77. The van der Waals surface area contributed by atoms with Crippen molar-refractivity contribution >= 4 is 11.9 Å². The van der Waals surface area contributed by atoms with Gasteiger partial charge in [0.1, 0.15) is 0 Å². The first kappa shape index (κ1) is 11.2. The van der Waals surface area contributed by atoms with Crippen molar-refractivity contribution in [2.75, 3.05) is 0 Å². The van der Waals surface area contributed by atoms with E-state index in [0.717, 1.165) is 0 Å². The van der Waals surface area contributed by atoms with Gasteiger partial charge in [0, 0.05) is 33.2 Å². The summed E-state index contributed by atoms with van der Waals surface area (Å²) in [7, 11) is 0. The van der Waals surface area contributed by atoms with Crippen molar-refractivity contribution in [3.63, 3.8) is 0 Å². The molecule has 0 saturated carbocycles. The number of carbonyl (C=O) groups is 2. The van der Waals surface area contributed by atoms with Crippen LogP contribution < -0.4 is 0 Å². The van der Waals surface area contributed by atoms with Crippen LogP contribution in [0.1, 0.15) is 0 Å². The third-order valence-corrected chi connectivity index (χ3v) is 0.368. The molecule has 0 atom stereocenters. The van der Waals surface area contributed by atoms with Gasteiger partial charge in [-0.1, -0.05) is 0 Å². The molecule has 5 heteroatoms. The monoisotopic (exact) mass is 300 g/mol. The standard InChI is InChI=1S/C4H4O4.W/c5-3(6)1-2-4(7)8;/h1-2H,(H,5,6)(H,7,8);/b2-1+;. The molecule has 0 aromatic carbocycles. The van der Waals surface area contributed by atoms with Gasteiger partial charge in [-0.2, -0.15) is 0 Å². The minimum absolute atomic E-state index is 0. The minimum atomic E-state index is -1.26. The second-order valence-corrected chi connectivity index (χ2v) is 1.01. The average molecular weight is 300 g/mol. The maximum absolute atomic E-state index is 9.55. The van der Waals surface area contributed by atoms with Gasteiger partial charge in [0.25, 0.3) is 0 Å². The molecule has 0 bridgehead atoms. The minimum Gasteiger partial charge on any atom is -0.478 e. The molecule has 2 N–H and O–H groups in total. The van der Waals surface area contributed by atoms with Crippen LogP contribution in [0.3, 0.4) is 0 Å². The van der Waals surface area contributed by atoms with E-state index in [1.165, 1.54) is 0 Å². The van der Waals surface area contributed by atoms with Crippen molar-refractivity contribution in [3.8, 4) is 0 Å². The fourth-order valence-electron chi connectivity index (χ4n) is 0.143. The van der Waals surface area contributed by atoms with Gasteiger partial charge in [0.2, 0.25) is 0 Å². The molecule has 0 aliphatic carbocycles. The number of carboxylic acid groups (broad SMARTS) is 2. The van der Waals surface area contributed by atoms with Gasteiger partial charge < -0.3 is 10.2 Å². The van der Waals surface area contributed by atoms with Crippen LogP contribution in [0.5, 0.6) is 0 Å². The van der Waals surface area contributed by atoms with Crippen LogP contribution in [0.2, 0.25) is 0 Å². The first-order valence-electron chi connectivity index (χ1n) is 1.77. The van der Waals surface area contributed by atoms with Crippen LogP contribution in [0.15, 0.2) is 12.2 Å². The van der Waals surface area contributed by atoms with Gasteiger partial charge in [-0.3, -0.25) is 0 Å². The van der Waals surface area contributed by atoms with Gasteiger partial charge in [0.05, 0.1) is 0 Å². The molecule has 4 nitrogen and oxygen atoms in total. The van der Waals surface area contributed by atoms with Crippen molar-refractivity contribution in [2.45, 2.75) is 0 Å². The van der Waals surface area contributed by atoms with Crippen molar-refractivity contribution in [3.05, 3.63) is 12.2 Å². The zero-order valence-electron chi connectivity index (χ0n) is 4.27. The van der Waals surface area contributed by atoms with Crippen molar-refractivity contribution < 1.29 is 40.9 Å². The van der Waals surface area contributed by atoms with E-state index in [1.54, 1.807) is 0 Å². The number of hydrogen-bond donors (Lipinski definition) is 2. The van der Waals surface area contributed by atoms with Crippen LogP contribution in [0.4, 0.5) is 0 Å². The van der Waals surface area contributed by atoms with Crippen LogP contribution >= 0.6 is 0 Å². The molecule has 0 fully saturated rings. The van der Waals surface area contributed by atoms with E-state index in [4.69, 9.17) is 10.2 Å². The normalized spacial score (nSPS) is 8.44. The van der Waals surface area contributed by atoms with E-state index in [-0.39, 0.29) is 21.1 Å². The summed E-state index contributed by atoms with van der Waals surface area (Å²) in [5.41, 5.74) is 0. The molecule has 0 rings (SSSR count). The van der Waals surface area contributed by atoms with Gasteiger partial charge in [0.15, 0.2) is 0 Å². The smallest absolute Gasteiger partial charge is 0.328 e. The Morgan fingerprint density at radius 3 is 1.33 bits per heavy atom. The topological polar surface area (TPSA) is 74.6 Å². The third kappa shape index (κ3) is 11.1. The Morgan fingerprint density at radius 1 is 1.00 bits per heavy atom. The molecule has 0 spiro atoms. The van der Waals surface area contributed by atoms with Crippen LogP contribution in [0, 0.1) is 0 Å². The fraction of sp³-hybridized carbons (Fsp3) is 0. The molecule has 0 aromatic rings. The first-order chi connectivity index (χ1) is 3.63. The van der Waals surface area contributed by atoms with Gasteiger partial charge in [-0.15, -0.1) is 0 Å². The quantitative estimate of drug-likeness (QED) is 0.687. The summed E-state index contributed by atoms with van der Waals surface area (Å²) in [6.07, 6.45) is 1.12. The summed E-state index contributed by atoms with van der Waals surface area (Å²) in [6, 6.07) is 0. The molecule has 0 aliphatic rings. The molecule has 0 saturated heterocycles. The Morgan fingerprint density at radius 2 is 1.22 bits per heavy atom. The Kier molecular flexibility index (Phi) is 6.85. The van der Waals surface area contributed by atoms with Crippen molar-refractivity contribution in [1.29, 1.82) is 0 Å². The Hall–Kier alpha value is -0.632. The summed E-state index contributed by atoms with van der Waals surface area (Å²) in [5.74, 6) is -2.51. The number of hydrogen-bond acceptors (Lipinski definition) is 2. The molecule has 0 amide bonds. The molecule has 0 aliphatic heterocycles. The molecular weight excluding hydrogens is 296 g/mol. The molecule has 0 radical (unpaired) electrons. The van der Waals surface area contributed by atoms with Crippen LogP contribution in [-0.4, -0.2) is 22.2 Å². The Balaban J connectivity index is 0. The van der Waals surface area contributed by atoms with E-state index in [1.807, 2.05) is 0 Å². The van der Waals surface area contributed by atoms with Crippen molar-refractivity contribution in [1.82, 2.24) is 0 Å². The molecular formula is C4H4O4W. The SMILES string of the molecule is O=C(O)/C=C/C(=O)O.[W]. The second kappa shape index (κ2) is 5.50. The second-order valence-electron chi connectivity index (χ2n) is 1.01. The van der Waals surface area contributed by atoms with E-state index in [0.29, 0.717) is 12.2 Å². The van der Waals surface area contributed by atoms with E-state index in [2.05, 4.69) is 0 Å². The number of carboxylic acids is 2. The van der Waals surface area contributed by atoms with Gasteiger partial charge >= 0.3 is 11.9 Å². The maximum atomic E-state index is 9.55.